The maximum absolute atomic E-state index is 13.1. The lowest BCUT2D eigenvalue weighted by molar-refractivity contribution is -0.188. The number of hydrogen-bond donors (Lipinski definition) is 2. The number of benzene rings is 1. The van der Waals surface area contributed by atoms with Gasteiger partial charge in [0.2, 0.25) is 0 Å². The van der Waals surface area contributed by atoms with Crippen LogP contribution in [0.3, 0.4) is 0 Å². The largest absolute Gasteiger partial charge is 0.462 e. The zero-order chi connectivity index (χ0) is 20.5. The summed E-state index contributed by atoms with van der Waals surface area (Å²) in [7, 11) is 0. The third kappa shape index (κ3) is 6.52. The van der Waals surface area contributed by atoms with Gasteiger partial charge in [0.25, 0.3) is 0 Å². The van der Waals surface area contributed by atoms with Crippen molar-refractivity contribution in [2.45, 2.75) is 25.2 Å². The number of hydrogen-bond acceptors (Lipinski definition) is 6. The summed E-state index contributed by atoms with van der Waals surface area (Å²) >= 11 is 0. The molecule has 0 radical (unpaired) electrons. The number of ether oxygens (including phenoxy) is 3. The molecule has 0 heterocycles. The fourth-order valence-corrected chi connectivity index (χ4v) is 2.16. The Hall–Kier alpha value is -2.12. The van der Waals surface area contributed by atoms with Gasteiger partial charge in [0.05, 0.1) is 32.0 Å². The maximum Gasteiger partial charge on any atom is 0.423 e. The molecule has 0 atom stereocenters. The first-order chi connectivity index (χ1) is 12.6. The SMILES string of the molecule is C#CCOCCOCCc1cc(C(N)(N)C(F)(F)F)ccc1C(=O)OCC. The van der Waals surface area contributed by atoms with Crippen molar-refractivity contribution in [2.24, 2.45) is 11.5 Å². The van der Waals surface area contributed by atoms with Gasteiger partial charge in [-0.1, -0.05) is 18.1 Å². The molecule has 1 rings (SSSR count). The van der Waals surface area contributed by atoms with Crippen LogP contribution in [0.2, 0.25) is 0 Å². The summed E-state index contributed by atoms with van der Waals surface area (Å²) in [6.07, 6.45) is 0.332. The van der Waals surface area contributed by atoms with Crippen molar-refractivity contribution in [3.05, 3.63) is 34.9 Å². The Morgan fingerprint density at radius 2 is 1.85 bits per heavy atom. The van der Waals surface area contributed by atoms with Crippen LogP contribution in [0.4, 0.5) is 13.2 Å². The molecule has 0 saturated carbocycles. The molecule has 0 fully saturated rings. The van der Waals surface area contributed by atoms with Crippen molar-refractivity contribution >= 4 is 5.97 Å². The van der Waals surface area contributed by atoms with Gasteiger partial charge in [-0.15, -0.1) is 6.42 Å². The molecule has 150 valence electrons. The number of esters is 1. The molecule has 0 unspecified atom stereocenters. The highest BCUT2D eigenvalue weighted by Crippen LogP contribution is 2.33. The Morgan fingerprint density at radius 3 is 2.44 bits per heavy atom. The monoisotopic (exact) mass is 388 g/mol. The first-order valence-corrected chi connectivity index (χ1v) is 8.19. The predicted octanol–water partition coefficient (Wildman–Crippen LogP) is 1.70. The fraction of sp³-hybridized carbons (Fsp3) is 0.500. The minimum Gasteiger partial charge on any atom is -0.462 e. The first-order valence-electron chi connectivity index (χ1n) is 8.19. The third-order valence-electron chi connectivity index (χ3n) is 3.62. The second-order valence-electron chi connectivity index (χ2n) is 5.58. The smallest absolute Gasteiger partial charge is 0.423 e. The number of alkyl halides is 3. The number of rotatable bonds is 10. The molecule has 0 saturated heterocycles. The van der Waals surface area contributed by atoms with Gasteiger partial charge in [-0.25, -0.2) is 4.79 Å². The van der Waals surface area contributed by atoms with E-state index in [-0.39, 0.29) is 50.6 Å². The Labute approximate surface area is 155 Å². The van der Waals surface area contributed by atoms with E-state index in [9.17, 15) is 18.0 Å². The topological polar surface area (TPSA) is 96.8 Å². The summed E-state index contributed by atoms with van der Waals surface area (Å²) in [6.45, 7) is 2.57. The zero-order valence-electron chi connectivity index (χ0n) is 15.0. The molecule has 9 heteroatoms. The van der Waals surface area contributed by atoms with E-state index >= 15 is 0 Å². The van der Waals surface area contributed by atoms with E-state index in [4.69, 9.17) is 32.1 Å². The normalized spacial score (nSPS) is 11.9. The van der Waals surface area contributed by atoms with E-state index < -0.39 is 17.8 Å². The van der Waals surface area contributed by atoms with Gasteiger partial charge in [0, 0.05) is 0 Å². The van der Waals surface area contributed by atoms with Crippen LogP contribution in [0.5, 0.6) is 0 Å². The second kappa shape index (κ2) is 10.3. The van der Waals surface area contributed by atoms with Crippen LogP contribution < -0.4 is 11.5 Å². The van der Waals surface area contributed by atoms with Crippen LogP contribution in [0, 0.1) is 12.3 Å². The summed E-state index contributed by atoms with van der Waals surface area (Å²) in [4.78, 5) is 12.0. The predicted molar refractivity (Wildman–Crippen MR) is 92.7 cm³/mol. The van der Waals surface area contributed by atoms with Crippen LogP contribution in [-0.2, 0) is 26.3 Å². The first kappa shape index (κ1) is 22.9. The second-order valence-corrected chi connectivity index (χ2v) is 5.58. The molecule has 0 amide bonds. The van der Waals surface area contributed by atoms with E-state index in [1.54, 1.807) is 6.92 Å². The number of carbonyl (C=O) groups excluding carboxylic acids is 1. The molecule has 1 aromatic carbocycles. The number of terminal acetylenes is 1. The van der Waals surface area contributed by atoms with Crippen molar-refractivity contribution in [1.82, 2.24) is 0 Å². The summed E-state index contributed by atoms with van der Waals surface area (Å²) in [5.74, 6) is 1.65. The number of carbonyl (C=O) groups is 1. The average Bonchev–Trinajstić information content (AvgIpc) is 2.60. The van der Waals surface area contributed by atoms with Crippen molar-refractivity contribution in [3.63, 3.8) is 0 Å². The average molecular weight is 388 g/mol. The van der Waals surface area contributed by atoms with Crippen LogP contribution in [0.25, 0.3) is 0 Å². The van der Waals surface area contributed by atoms with E-state index in [1.807, 2.05) is 0 Å². The van der Waals surface area contributed by atoms with Crippen molar-refractivity contribution < 1.29 is 32.2 Å². The number of halogens is 3. The summed E-state index contributed by atoms with van der Waals surface area (Å²) in [5.41, 5.74) is 7.54. The lowest BCUT2D eigenvalue weighted by atomic mass is 9.94. The minimum absolute atomic E-state index is 0.128. The molecule has 1 aromatic rings. The van der Waals surface area contributed by atoms with Gasteiger partial charge < -0.3 is 25.7 Å². The van der Waals surface area contributed by atoms with E-state index in [0.717, 1.165) is 12.1 Å². The highest BCUT2D eigenvalue weighted by Gasteiger charge is 2.50. The summed E-state index contributed by atoms with van der Waals surface area (Å²) in [6, 6.07) is 3.44. The zero-order valence-corrected chi connectivity index (χ0v) is 15.0. The van der Waals surface area contributed by atoms with Gasteiger partial charge in [-0.05, 0) is 30.5 Å². The summed E-state index contributed by atoms with van der Waals surface area (Å²) in [5, 5.41) is 0. The lowest BCUT2D eigenvalue weighted by Gasteiger charge is -2.28. The minimum atomic E-state index is -4.86. The highest BCUT2D eigenvalue weighted by atomic mass is 19.4. The quantitative estimate of drug-likeness (QED) is 0.274. The lowest BCUT2D eigenvalue weighted by Crippen LogP contribution is -2.57. The maximum atomic E-state index is 13.1. The van der Waals surface area contributed by atoms with Gasteiger partial charge >= 0.3 is 12.1 Å². The summed E-state index contributed by atoms with van der Waals surface area (Å²) < 4.78 is 54.6. The van der Waals surface area contributed by atoms with Crippen molar-refractivity contribution in [1.29, 1.82) is 0 Å². The van der Waals surface area contributed by atoms with Gasteiger partial charge in [0.15, 0.2) is 5.66 Å². The van der Waals surface area contributed by atoms with Crippen molar-refractivity contribution in [3.8, 4) is 12.3 Å². The Balaban J connectivity index is 2.94. The molecule has 0 aromatic heterocycles. The van der Waals surface area contributed by atoms with Crippen LogP contribution in [0.1, 0.15) is 28.4 Å². The number of nitrogens with two attached hydrogens (primary N) is 2. The molecular formula is C18H23F3N2O4. The van der Waals surface area contributed by atoms with E-state index in [2.05, 4.69) is 5.92 Å². The molecule has 0 aliphatic rings. The van der Waals surface area contributed by atoms with Crippen molar-refractivity contribution in [2.75, 3.05) is 33.0 Å². The van der Waals surface area contributed by atoms with E-state index in [0.29, 0.717) is 5.56 Å². The molecule has 27 heavy (non-hydrogen) atoms. The molecule has 4 N–H and O–H groups in total. The Bertz CT molecular complexity index is 670. The van der Waals surface area contributed by atoms with Crippen LogP contribution in [0.15, 0.2) is 18.2 Å². The standard InChI is InChI=1S/C18H23F3N2O4/c1-3-8-25-10-11-26-9-7-13-12-14(17(22,23)18(19,20)21)5-6-15(13)16(24)27-4-2/h1,5-6,12H,4,7-11,22-23H2,2H3. The van der Waals surface area contributed by atoms with Gasteiger partial charge in [0.1, 0.15) is 6.61 Å². The molecule has 0 aliphatic heterocycles. The third-order valence-corrected chi connectivity index (χ3v) is 3.62. The molecule has 0 bridgehead atoms. The van der Waals surface area contributed by atoms with E-state index in [1.165, 1.54) is 6.07 Å². The van der Waals surface area contributed by atoms with Crippen LogP contribution >= 0.6 is 0 Å². The Kier molecular flexibility index (Phi) is 8.72. The molecule has 0 spiro atoms. The molecule has 6 nitrogen and oxygen atoms in total. The Morgan fingerprint density at radius 1 is 1.19 bits per heavy atom. The highest BCUT2D eigenvalue weighted by molar-refractivity contribution is 5.91. The molecular weight excluding hydrogens is 365 g/mol. The molecule has 0 aliphatic carbocycles. The van der Waals surface area contributed by atoms with Gasteiger partial charge in [-0.3, -0.25) is 0 Å². The fourth-order valence-electron chi connectivity index (χ4n) is 2.16. The van der Waals surface area contributed by atoms with Gasteiger partial charge in [-0.2, -0.15) is 13.2 Å². The van der Waals surface area contributed by atoms with Crippen LogP contribution in [-0.4, -0.2) is 45.2 Å².